The second-order valence-corrected chi connectivity index (χ2v) is 11.9. The molecule has 0 saturated heterocycles. The highest BCUT2D eigenvalue weighted by atomic mass is 32.2. The van der Waals surface area contributed by atoms with E-state index in [4.69, 9.17) is 0 Å². The smallest absolute Gasteiger partial charge is 0.223 e. The first-order valence-corrected chi connectivity index (χ1v) is 13.9. The molecule has 2 rings (SSSR count). The molecular weight excluding hydrogens is 418 g/mol. The van der Waals surface area contributed by atoms with Crippen molar-refractivity contribution in [1.82, 2.24) is 4.90 Å². The minimum Gasteiger partial charge on any atom is -0.392 e. The minimum atomic E-state index is -0.649. The highest BCUT2D eigenvalue weighted by Crippen LogP contribution is 2.47. The van der Waals surface area contributed by atoms with E-state index in [0.29, 0.717) is 24.7 Å². The van der Waals surface area contributed by atoms with Crippen molar-refractivity contribution in [2.45, 2.75) is 110 Å². The fourth-order valence-corrected chi connectivity index (χ4v) is 6.45. The number of allylic oxidation sites excluding steroid dienone is 1. The lowest BCUT2D eigenvalue weighted by Gasteiger charge is -2.30. The van der Waals surface area contributed by atoms with Gasteiger partial charge in [-0.3, -0.25) is 4.79 Å². The van der Waals surface area contributed by atoms with Gasteiger partial charge in [-0.1, -0.05) is 43.6 Å². The van der Waals surface area contributed by atoms with E-state index in [1.54, 1.807) is 0 Å². The molecule has 0 aromatic rings. The zero-order valence-electron chi connectivity index (χ0n) is 21.2. The first-order chi connectivity index (χ1) is 15.1. The van der Waals surface area contributed by atoms with Gasteiger partial charge < -0.3 is 15.1 Å². The van der Waals surface area contributed by atoms with Gasteiger partial charge in [0.05, 0.1) is 11.7 Å². The van der Waals surface area contributed by atoms with Crippen LogP contribution in [0.3, 0.4) is 0 Å². The third kappa shape index (κ3) is 7.92. The number of carbonyl (C=O) groups is 1. The van der Waals surface area contributed by atoms with Gasteiger partial charge in [-0.15, -0.1) is 0 Å². The topological polar surface area (TPSA) is 60.8 Å². The molecule has 0 aromatic heterocycles. The lowest BCUT2D eigenvalue weighted by molar-refractivity contribution is -0.134. The molecule has 1 saturated carbocycles. The minimum absolute atomic E-state index is 0.188. The summed E-state index contributed by atoms with van der Waals surface area (Å²) in [6, 6.07) is 0.493. The van der Waals surface area contributed by atoms with Crippen LogP contribution in [0.15, 0.2) is 23.8 Å². The second-order valence-electron chi connectivity index (χ2n) is 10.8. The Hall–Kier alpha value is -0.780. The zero-order chi connectivity index (χ0) is 23.9. The molecule has 5 heteroatoms. The van der Waals surface area contributed by atoms with Crippen LogP contribution < -0.4 is 0 Å². The molecule has 184 valence electrons. The van der Waals surface area contributed by atoms with Crippen molar-refractivity contribution in [3.8, 4) is 0 Å². The highest BCUT2D eigenvalue weighted by molar-refractivity contribution is 7.99. The molecule has 0 aromatic carbocycles. The molecule has 32 heavy (non-hydrogen) atoms. The van der Waals surface area contributed by atoms with E-state index in [1.165, 1.54) is 5.57 Å². The van der Waals surface area contributed by atoms with Gasteiger partial charge in [-0.2, -0.15) is 11.8 Å². The number of aliphatic hydroxyl groups excluding tert-OH is 1. The van der Waals surface area contributed by atoms with Gasteiger partial charge >= 0.3 is 0 Å². The number of hydrogen-bond acceptors (Lipinski definition) is 4. The van der Waals surface area contributed by atoms with Crippen molar-refractivity contribution in [3.63, 3.8) is 0 Å². The summed E-state index contributed by atoms with van der Waals surface area (Å²) in [6.45, 7) is 12.4. The molecule has 0 spiro atoms. The number of hydrogen-bond donors (Lipinski definition) is 2. The van der Waals surface area contributed by atoms with E-state index in [-0.39, 0.29) is 30.0 Å². The third-order valence-corrected chi connectivity index (χ3v) is 8.15. The Morgan fingerprint density at radius 2 is 2.00 bits per heavy atom. The van der Waals surface area contributed by atoms with E-state index in [0.717, 1.165) is 43.6 Å². The summed E-state index contributed by atoms with van der Waals surface area (Å²) in [4.78, 5) is 14.5. The first-order valence-electron chi connectivity index (χ1n) is 12.7. The molecule has 0 aliphatic heterocycles. The van der Waals surface area contributed by atoms with Crippen molar-refractivity contribution in [2.24, 2.45) is 17.8 Å². The molecular formula is C27H47NO3S. The molecule has 0 unspecified atom stereocenters. The Morgan fingerprint density at radius 1 is 1.31 bits per heavy atom. The number of amides is 1. The SMILES string of the molecule is CCCC[C@](C)(O)CC=C[C@@H]1[C@H]2CC(CSCCC(=O)N(C(C)C)C(C)C)=C[C@H]2C[C@H]1O. The number of nitrogens with zero attached hydrogens (tertiary/aromatic N) is 1. The molecule has 0 heterocycles. The number of fused-ring (bicyclic) bond motifs is 1. The maximum absolute atomic E-state index is 12.5. The molecule has 5 atom stereocenters. The fraction of sp³-hybridized carbons (Fsp3) is 0.815. The monoisotopic (exact) mass is 465 g/mol. The van der Waals surface area contributed by atoms with Crippen LogP contribution in [0.25, 0.3) is 0 Å². The number of thioether (sulfide) groups is 1. The Kier molecular flexibility index (Phi) is 10.8. The van der Waals surface area contributed by atoms with Gasteiger partial charge in [0, 0.05) is 35.9 Å². The Balaban J connectivity index is 1.78. The summed E-state index contributed by atoms with van der Waals surface area (Å²) < 4.78 is 0. The van der Waals surface area contributed by atoms with Crippen molar-refractivity contribution in [1.29, 1.82) is 0 Å². The van der Waals surface area contributed by atoms with Crippen LogP contribution in [-0.4, -0.2) is 56.3 Å². The number of rotatable bonds is 13. The molecule has 0 bridgehead atoms. The van der Waals surface area contributed by atoms with E-state index in [1.807, 2.05) is 23.6 Å². The van der Waals surface area contributed by atoms with Crippen LogP contribution in [0.1, 0.15) is 86.5 Å². The molecule has 0 radical (unpaired) electrons. The maximum Gasteiger partial charge on any atom is 0.223 e. The lowest BCUT2D eigenvalue weighted by atomic mass is 9.88. The summed E-state index contributed by atoms with van der Waals surface area (Å²) in [6.07, 6.45) is 12.5. The van der Waals surface area contributed by atoms with Gasteiger partial charge in [0.15, 0.2) is 0 Å². The largest absolute Gasteiger partial charge is 0.392 e. The Bertz CT molecular complexity index is 647. The highest BCUT2D eigenvalue weighted by Gasteiger charge is 2.43. The van der Waals surface area contributed by atoms with Crippen molar-refractivity contribution in [3.05, 3.63) is 23.8 Å². The lowest BCUT2D eigenvalue weighted by Crippen LogP contribution is -2.42. The molecule has 2 N–H and O–H groups in total. The molecule has 1 fully saturated rings. The average Bonchev–Trinajstić information content (AvgIpc) is 3.20. The molecule has 1 amide bonds. The van der Waals surface area contributed by atoms with Crippen molar-refractivity contribution < 1.29 is 15.0 Å². The standard InChI is InChI=1S/C27H47NO3S/c1-7-8-12-27(6,31)13-9-10-23-24-16-21(15-22(24)17-25(23)29)18-32-14-11-26(30)28(19(2)3)20(4)5/h9-10,15,19-20,22-25,29,31H,7-8,11-14,16-18H2,1-6H3/t22-,23+,24-,25+,27-/m0/s1. The van der Waals surface area contributed by atoms with Crippen LogP contribution in [0, 0.1) is 17.8 Å². The quantitative estimate of drug-likeness (QED) is 0.275. The fourth-order valence-electron chi connectivity index (χ4n) is 5.52. The molecule has 2 aliphatic carbocycles. The van der Waals surface area contributed by atoms with Gasteiger partial charge in [-0.05, 0) is 72.1 Å². The Morgan fingerprint density at radius 3 is 2.62 bits per heavy atom. The number of carbonyl (C=O) groups excluding carboxylic acids is 1. The maximum atomic E-state index is 12.5. The normalized spacial score (nSPS) is 27.2. The Labute approximate surface area is 200 Å². The van der Waals surface area contributed by atoms with Gasteiger partial charge in [0.2, 0.25) is 5.91 Å². The van der Waals surface area contributed by atoms with Gasteiger partial charge in [-0.25, -0.2) is 0 Å². The molecule has 4 nitrogen and oxygen atoms in total. The van der Waals surface area contributed by atoms with Crippen LogP contribution in [-0.2, 0) is 4.79 Å². The van der Waals surface area contributed by atoms with E-state index < -0.39 is 5.60 Å². The number of aliphatic hydroxyl groups is 2. The van der Waals surface area contributed by atoms with Crippen LogP contribution in [0.2, 0.25) is 0 Å². The van der Waals surface area contributed by atoms with Gasteiger partial charge in [0.25, 0.3) is 0 Å². The summed E-state index contributed by atoms with van der Waals surface area (Å²) in [5, 5.41) is 21.1. The van der Waals surface area contributed by atoms with Gasteiger partial charge in [0.1, 0.15) is 0 Å². The number of unbranched alkanes of at least 4 members (excludes halogenated alkanes) is 1. The van der Waals surface area contributed by atoms with Crippen LogP contribution >= 0.6 is 11.8 Å². The predicted molar refractivity (Wildman–Crippen MR) is 137 cm³/mol. The summed E-state index contributed by atoms with van der Waals surface area (Å²) in [5.74, 6) is 3.24. The van der Waals surface area contributed by atoms with Crippen molar-refractivity contribution in [2.75, 3.05) is 11.5 Å². The first kappa shape index (κ1) is 27.5. The van der Waals surface area contributed by atoms with Crippen LogP contribution in [0.4, 0.5) is 0 Å². The summed E-state index contributed by atoms with van der Waals surface area (Å²) in [5.41, 5.74) is 0.825. The van der Waals surface area contributed by atoms with Crippen molar-refractivity contribution >= 4 is 17.7 Å². The van der Waals surface area contributed by atoms with Crippen LogP contribution in [0.5, 0.6) is 0 Å². The average molecular weight is 466 g/mol. The second kappa shape index (κ2) is 12.6. The van der Waals surface area contributed by atoms with E-state index >= 15 is 0 Å². The summed E-state index contributed by atoms with van der Waals surface area (Å²) >= 11 is 1.86. The van der Waals surface area contributed by atoms with E-state index in [2.05, 4.69) is 52.8 Å². The van der Waals surface area contributed by atoms with E-state index in [9.17, 15) is 15.0 Å². The third-order valence-electron chi connectivity index (χ3n) is 7.08. The summed E-state index contributed by atoms with van der Waals surface area (Å²) in [7, 11) is 0. The molecule has 2 aliphatic rings. The zero-order valence-corrected chi connectivity index (χ0v) is 22.0. The predicted octanol–water partition coefficient (Wildman–Crippen LogP) is 5.59.